The number of pyridine rings is 1. The molecule has 0 unspecified atom stereocenters. The van der Waals surface area contributed by atoms with Crippen molar-refractivity contribution in [1.29, 1.82) is 0 Å². The first-order valence-electron chi connectivity index (χ1n) is 6.66. The lowest BCUT2D eigenvalue weighted by atomic mass is 10.2. The zero-order chi connectivity index (χ0) is 15.9. The lowest BCUT2D eigenvalue weighted by Gasteiger charge is -2.26. The molecule has 0 radical (unpaired) electrons. The number of hydrogen-bond acceptors (Lipinski definition) is 5. The fraction of sp³-hybridized carbons (Fsp3) is 0.385. The SMILES string of the molecule is CN(c1nc(Cl)nc2nc(Cl)ccc12)[C@@H]1CCN(C(=O)O)C1. The molecule has 0 saturated carbocycles. The Labute approximate surface area is 136 Å². The van der Waals surface area contributed by atoms with Gasteiger partial charge in [-0.3, -0.25) is 0 Å². The number of carboxylic acid groups (broad SMARTS) is 1. The Morgan fingerprint density at radius 2 is 2.14 bits per heavy atom. The Morgan fingerprint density at radius 1 is 1.36 bits per heavy atom. The first-order valence-corrected chi connectivity index (χ1v) is 7.42. The molecular weight excluding hydrogens is 329 g/mol. The fourth-order valence-corrected chi connectivity index (χ4v) is 2.92. The van der Waals surface area contributed by atoms with Crippen molar-refractivity contribution in [3.8, 4) is 0 Å². The van der Waals surface area contributed by atoms with Crippen LogP contribution in [0.25, 0.3) is 11.0 Å². The van der Waals surface area contributed by atoms with Crippen molar-refractivity contribution in [1.82, 2.24) is 19.9 Å². The van der Waals surface area contributed by atoms with E-state index in [-0.39, 0.29) is 11.3 Å². The van der Waals surface area contributed by atoms with Crippen LogP contribution < -0.4 is 4.90 Å². The highest BCUT2D eigenvalue weighted by atomic mass is 35.5. The Balaban J connectivity index is 1.97. The molecule has 2 aromatic heterocycles. The first-order chi connectivity index (χ1) is 10.5. The summed E-state index contributed by atoms with van der Waals surface area (Å²) in [5.74, 6) is 0.622. The van der Waals surface area contributed by atoms with Gasteiger partial charge in [-0.05, 0) is 30.2 Å². The van der Waals surface area contributed by atoms with E-state index in [4.69, 9.17) is 28.3 Å². The Hall–Kier alpha value is -1.86. The van der Waals surface area contributed by atoms with Gasteiger partial charge in [0.2, 0.25) is 5.28 Å². The third kappa shape index (κ3) is 2.74. The van der Waals surface area contributed by atoms with E-state index in [2.05, 4.69) is 15.0 Å². The Kier molecular flexibility index (Phi) is 3.92. The number of halogens is 2. The van der Waals surface area contributed by atoms with E-state index in [1.54, 1.807) is 12.1 Å². The highest BCUT2D eigenvalue weighted by molar-refractivity contribution is 6.30. The van der Waals surface area contributed by atoms with Crippen molar-refractivity contribution in [2.75, 3.05) is 25.0 Å². The van der Waals surface area contributed by atoms with Gasteiger partial charge in [-0.15, -0.1) is 0 Å². The number of nitrogens with zero attached hydrogens (tertiary/aromatic N) is 5. The minimum absolute atomic E-state index is 0.0287. The van der Waals surface area contributed by atoms with Crippen LogP contribution in [0.2, 0.25) is 10.4 Å². The topological polar surface area (TPSA) is 82.5 Å². The van der Waals surface area contributed by atoms with E-state index in [0.29, 0.717) is 29.7 Å². The minimum atomic E-state index is -0.907. The molecule has 1 fully saturated rings. The lowest BCUT2D eigenvalue weighted by molar-refractivity contribution is 0.155. The van der Waals surface area contributed by atoms with E-state index in [0.717, 1.165) is 11.8 Å². The first kappa shape index (κ1) is 15.1. The van der Waals surface area contributed by atoms with Crippen LogP contribution in [-0.4, -0.2) is 57.2 Å². The normalized spacial score (nSPS) is 18.0. The monoisotopic (exact) mass is 341 g/mol. The molecule has 9 heteroatoms. The quantitative estimate of drug-likeness (QED) is 0.667. The second-order valence-corrected chi connectivity index (χ2v) is 5.83. The zero-order valence-corrected chi connectivity index (χ0v) is 13.2. The summed E-state index contributed by atoms with van der Waals surface area (Å²) >= 11 is 11.9. The molecule has 1 N–H and O–H groups in total. The van der Waals surface area contributed by atoms with Crippen molar-refractivity contribution in [2.24, 2.45) is 0 Å². The van der Waals surface area contributed by atoms with E-state index in [1.807, 2.05) is 11.9 Å². The fourth-order valence-electron chi connectivity index (χ4n) is 2.62. The molecule has 0 aromatic carbocycles. The highest BCUT2D eigenvalue weighted by Crippen LogP contribution is 2.28. The molecule has 0 aliphatic carbocycles. The Morgan fingerprint density at radius 3 is 2.82 bits per heavy atom. The van der Waals surface area contributed by atoms with Gasteiger partial charge in [-0.1, -0.05) is 11.6 Å². The number of hydrogen-bond donors (Lipinski definition) is 1. The summed E-state index contributed by atoms with van der Waals surface area (Å²) in [6.07, 6.45) is -0.178. The molecule has 1 aliphatic heterocycles. The van der Waals surface area contributed by atoms with E-state index >= 15 is 0 Å². The second kappa shape index (κ2) is 5.73. The van der Waals surface area contributed by atoms with Crippen LogP contribution in [0, 0.1) is 0 Å². The highest BCUT2D eigenvalue weighted by Gasteiger charge is 2.30. The molecule has 116 valence electrons. The minimum Gasteiger partial charge on any atom is -0.465 e. The Bertz CT molecular complexity index is 736. The summed E-state index contributed by atoms with van der Waals surface area (Å²) in [7, 11) is 1.86. The van der Waals surface area contributed by atoms with Gasteiger partial charge >= 0.3 is 6.09 Å². The third-order valence-electron chi connectivity index (χ3n) is 3.79. The number of fused-ring (bicyclic) bond motifs is 1. The summed E-state index contributed by atoms with van der Waals surface area (Å²) in [5, 5.41) is 10.2. The molecule has 1 atom stereocenters. The maximum atomic E-state index is 11.0. The van der Waals surface area contributed by atoms with Gasteiger partial charge in [0.05, 0.1) is 5.39 Å². The van der Waals surface area contributed by atoms with Crippen molar-refractivity contribution in [2.45, 2.75) is 12.5 Å². The van der Waals surface area contributed by atoms with Gasteiger partial charge in [0.25, 0.3) is 0 Å². The molecule has 3 heterocycles. The molecule has 7 nitrogen and oxygen atoms in total. The second-order valence-electron chi connectivity index (χ2n) is 5.10. The predicted octanol–water partition coefficient (Wildman–Crippen LogP) is 2.52. The average molecular weight is 342 g/mol. The number of amides is 1. The summed E-state index contributed by atoms with van der Waals surface area (Å²) in [6, 6.07) is 3.48. The molecule has 1 aliphatic rings. The summed E-state index contributed by atoms with van der Waals surface area (Å²) in [5.41, 5.74) is 0.419. The van der Waals surface area contributed by atoms with Crippen LogP contribution in [0.5, 0.6) is 0 Å². The number of likely N-dealkylation sites (tertiary alicyclic amines) is 1. The van der Waals surface area contributed by atoms with Crippen molar-refractivity contribution in [3.05, 3.63) is 22.6 Å². The van der Waals surface area contributed by atoms with E-state index in [1.165, 1.54) is 4.90 Å². The van der Waals surface area contributed by atoms with Crippen LogP contribution in [0.4, 0.5) is 10.6 Å². The molecule has 0 spiro atoms. The van der Waals surface area contributed by atoms with Crippen LogP contribution in [0.1, 0.15) is 6.42 Å². The summed E-state index contributed by atoms with van der Waals surface area (Å²) < 4.78 is 0. The molecule has 1 amide bonds. The van der Waals surface area contributed by atoms with Crippen LogP contribution in [0.3, 0.4) is 0 Å². The van der Waals surface area contributed by atoms with E-state index in [9.17, 15) is 4.79 Å². The standard InChI is InChI=1S/C13H13Cl2N5O2/c1-19(7-4-5-20(6-7)13(21)22)11-8-2-3-9(14)16-10(8)17-12(15)18-11/h2-3,7H,4-6H2,1H3,(H,21,22)/t7-/m1/s1. The lowest BCUT2D eigenvalue weighted by Crippen LogP contribution is -2.36. The predicted molar refractivity (Wildman–Crippen MR) is 83.8 cm³/mol. The van der Waals surface area contributed by atoms with Crippen LogP contribution >= 0.6 is 23.2 Å². The number of rotatable bonds is 2. The summed E-state index contributed by atoms with van der Waals surface area (Å²) in [6.45, 7) is 0.932. The number of carbonyl (C=O) groups is 1. The molecule has 3 rings (SSSR count). The van der Waals surface area contributed by atoms with Gasteiger partial charge in [0, 0.05) is 26.2 Å². The van der Waals surface area contributed by atoms with Gasteiger partial charge in [0.15, 0.2) is 5.65 Å². The van der Waals surface area contributed by atoms with Crippen molar-refractivity contribution >= 4 is 46.1 Å². The number of anilines is 1. The molecule has 2 aromatic rings. The van der Waals surface area contributed by atoms with Crippen LogP contribution in [-0.2, 0) is 0 Å². The summed E-state index contributed by atoms with van der Waals surface area (Å²) in [4.78, 5) is 26.9. The van der Waals surface area contributed by atoms with Gasteiger partial charge in [-0.25, -0.2) is 9.78 Å². The van der Waals surface area contributed by atoms with Gasteiger partial charge in [0.1, 0.15) is 11.0 Å². The van der Waals surface area contributed by atoms with E-state index < -0.39 is 6.09 Å². The third-order valence-corrected chi connectivity index (χ3v) is 4.17. The van der Waals surface area contributed by atoms with Crippen molar-refractivity contribution < 1.29 is 9.90 Å². The van der Waals surface area contributed by atoms with Crippen molar-refractivity contribution in [3.63, 3.8) is 0 Å². The molecular formula is C13H13Cl2N5O2. The molecule has 0 bridgehead atoms. The maximum absolute atomic E-state index is 11.0. The molecule has 22 heavy (non-hydrogen) atoms. The average Bonchev–Trinajstić information content (AvgIpc) is 2.95. The van der Waals surface area contributed by atoms with Gasteiger partial charge < -0.3 is 14.9 Å². The molecule has 1 saturated heterocycles. The largest absolute Gasteiger partial charge is 0.465 e. The number of aromatic nitrogens is 3. The van der Waals surface area contributed by atoms with Crippen LogP contribution in [0.15, 0.2) is 12.1 Å². The smallest absolute Gasteiger partial charge is 0.407 e. The van der Waals surface area contributed by atoms with Gasteiger partial charge in [-0.2, -0.15) is 9.97 Å². The maximum Gasteiger partial charge on any atom is 0.407 e. The number of likely N-dealkylation sites (N-methyl/N-ethyl adjacent to an activating group) is 1. The zero-order valence-electron chi connectivity index (χ0n) is 11.7.